The summed E-state index contributed by atoms with van der Waals surface area (Å²) in [6.45, 7) is 7.96. The van der Waals surface area contributed by atoms with Gasteiger partial charge in [0.1, 0.15) is 0 Å². The second kappa shape index (κ2) is 4.22. The molecule has 1 saturated carbocycles. The molecular weight excluding hydrogens is 210 g/mol. The lowest BCUT2D eigenvalue weighted by molar-refractivity contribution is -0.00772. The van der Waals surface area contributed by atoms with Gasteiger partial charge in [-0.1, -0.05) is 0 Å². The van der Waals surface area contributed by atoms with Gasteiger partial charge in [0.2, 0.25) is 0 Å². The Morgan fingerprint density at radius 2 is 1.65 bits per heavy atom. The minimum absolute atomic E-state index is 0.819. The van der Waals surface area contributed by atoms with Crippen molar-refractivity contribution in [1.29, 1.82) is 0 Å². The minimum Gasteiger partial charge on any atom is -0.311 e. The number of rotatable bonds is 2. The third-order valence-corrected chi connectivity index (χ3v) is 5.52. The van der Waals surface area contributed by atoms with Crippen molar-refractivity contribution in [2.75, 3.05) is 39.3 Å². The molecule has 4 saturated heterocycles. The van der Waals surface area contributed by atoms with Crippen LogP contribution in [0.3, 0.4) is 0 Å². The fourth-order valence-electron chi connectivity index (χ4n) is 4.27. The maximum atomic E-state index is 3.74. The number of hydrogen-bond donors (Lipinski definition) is 1. The average Bonchev–Trinajstić information content (AvgIpc) is 3.25. The van der Waals surface area contributed by atoms with E-state index in [0.717, 1.165) is 23.9 Å². The van der Waals surface area contributed by atoms with Gasteiger partial charge in [0.05, 0.1) is 0 Å². The van der Waals surface area contributed by atoms with Crippen LogP contribution in [0.25, 0.3) is 0 Å². The second-order valence-electron chi connectivity index (χ2n) is 6.60. The van der Waals surface area contributed by atoms with Crippen LogP contribution in [0, 0.1) is 11.8 Å². The highest BCUT2D eigenvalue weighted by molar-refractivity contribution is 4.97. The summed E-state index contributed by atoms with van der Waals surface area (Å²) in [4.78, 5) is 5.52. The molecule has 4 aliphatic heterocycles. The summed E-state index contributed by atoms with van der Waals surface area (Å²) in [6, 6.07) is 1.71. The molecular formula is C14H25N3. The molecule has 2 unspecified atom stereocenters. The number of nitrogens with zero attached hydrogens (tertiary/aromatic N) is 2. The molecule has 0 amide bonds. The van der Waals surface area contributed by atoms with E-state index in [1.807, 2.05) is 0 Å². The summed E-state index contributed by atoms with van der Waals surface area (Å²) < 4.78 is 0. The van der Waals surface area contributed by atoms with Crippen molar-refractivity contribution in [1.82, 2.24) is 15.1 Å². The monoisotopic (exact) mass is 235 g/mol. The first kappa shape index (κ1) is 10.8. The summed E-state index contributed by atoms with van der Waals surface area (Å²) in [6.07, 6.45) is 5.88. The van der Waals surface area contributed by atoms with Crippen molar-refractivity contribution in [3.63, 3.8) is 0 Å². The third-order valence-electron chi connectivity index (χ3n) is 5.52. The zero-order valence-corrected chi connectivity index (χ0v) is 10.8. The molecule has 3 nitrogen and oxygen atoms in total. The largest absolute Gasteiger partial charge is 0.311 e. The molecule has 0 aromatic carbocycles. The fourth-order valence-corrected chi connectivity index (χ4v) is 4.27. The molecule has 5 rings (SSSR count). The standard InChI is InChI=1S/C14H25N3/c1-2-11(1)13-9-17(8-5-15-13)14-10-16-6-3-12(14)4-7-16/h11-15H,1-10H2. The van der Waals surface area contributed by atoms with E-state index < -0.39 is 0 Å². The number of hydrogen-bond acceptors (Lipinski definition) is 3. The Labute approximate surface area is 105 Å². The van der Waals surface area contributed by atoms with Crippen LogP contribution >= 0.6 is 0 Å². The molecule has 2 bridgehead atoms. The summed E-state index contributed by atoms with van der Waals surface area (Å²) in [5.74, 6) is 2.02. The summed E-state index contributed by atoms with van der Waals surface area (Å²) in [5, 5.41) is 3.74. The van der Waals surface area contributed by atoms with Gasteiger partial charge in [0.25, 0.3) is 0 Å². The van der Waals surface area contributed by atoms with E-state index in [-0.39, 0.29) is 0 Å². The molecule has 5 aliphatic rings. The van der Waals surface area contributed by atoms with Gasteiger partial charge >= 0.3 is 0 Å². The predicted octanol–water partition coefficient (Wildman–Crippen LogP) is 0.764. The smallest absolute Gasteiger partial charge is 0.0253 e. The van der Waals surface area contributed by atoms with E-state index in [1.54, 1.807) is 0 Å². The molecule has 3 heteroatoms. The van der Waals surface area contributed by atoms with Crippen LogP contribution in [-0.4, -0.2) is 61.2 Å². The average molecular weight is 235 g/mol. The highest BCUT2D eigenvalue weighted by atomic mass is 15.3. The molecule has 4 heterocycles. The molecule has 2 atom stereocenters. The van der Waals surface area contributed by atoms with Gasteiger partial charge in [0, 0.05) is 38.3 Å². The molecule has 0 radical (unpaired) electrons. The molecule has 96 valence electrons. The Kier molecular flexibility index (Phi) is 2.67. The Morgan fingerprint density at radius 1 is 0.824 bits per heavy atom. The quantitative estimate of drug-likeness (QED) is 0.762. The van der Waals surface area contributed by atoms with Crippen molar-refractivity contribution in [3.05, 3.63) is 0 Å². The zero-order valence-electron chi connectivity index (χ0n) is 10.8. The fraction of sp³-hybridized carbons (Fsp3) is 1.00. The lowest BCUT2D eigenvalue weighted by Crippen LogP contribution is -2.62. The zero-order chi connectivity index (χ0) is 11.2. The lowest BCUT2D eigenvalue weighted by atomic mass is 9.82. The van der Waals surface area contributed by atoms with Crippen LogP contribution in [0.1, 0.15) is 25.7 Å². The van der Waals surface area contributed by atoms with Crippen LogP contribution in [0.2, 0.25) is 0 Å². The van der Waals surface area contributed by atoms with E-state index in [9.17, 15) is 0 Å². The van der Waals surface area contributed by atoms with Gasteiger partial charge in [-0.2, -0.15) is 0 Å². The summed E-state index contributed by atoms with van der Waals surface area (Å²) in [7, 11) is 0. The first-order chi connectivity index (χ1) is 8.40. The van der Waals surface area contributed by atoms with Gasteiger partial charge in [0.15, 0.2) is 0 Å². The van der Waals surface area contributed by atoms with E-state index in [2.05, 4.69) is 15.1 Å². The normalized spacial score (nSPS) is 47.3. The lowest BCUT2D eigenvalue weighted by Gasteiger charge is -2.51. The van der Waals surface area contributed by atoms with Gasteiger partial charge < -0.3 is 10.2 Å². The Hall–Kier alpha value is -0.120. The van der Waals surface area contributed by atoms with E-state index in [1.165, 1.54) is 65.0 Å². The van der Waals surface area contributed by atoms with E-state index >= 15 is 0 Å². The summed E-state index contributed by atoms with van der Waals surface area (Å²) >= 11 is 0. The minimum atomic E-state index is 0.819. The second-order valence-corrected chi connectivity index (χ2v) is 6.60. The van der Waals surface area contributed by atoms with Gasteiger partial charge in [-0.25, -0.2) is 0 Å². The van der Waals surface area contributed by atoms with E-state index in [0.29, 0.717) is 0 Å². The van der Waals surface area contributed by atoms with Crippen molar-refractivity contribution >= 4 is 0 Å². The molecule has 1 N–H and O–H groups in total. The van der Waals surface area contributed by atoms with Crippen LogP contribution in [-0.2, 0) is 0 Å². The van der Waals surface area contributed by atoms with Crippen LogP contribution in [0.4, 0.5) is 0 Å². The predicted molar refractivity (Wildman–Crippen MR) is 69.0 cm³/mol. The van der Waals surface area contributed by atoms with E-state index in [4.69, 9.17) is 0 Å². The SMILES string of the molecule is C1CN(C2CN3CCC2CC3)CC(C2CC2)N1. The number of piperidine rings is 3. The Morgan fingerprint density at radius 3 is 2.29 bits per heavy atom. The van der Waals surface area contributed by atoms with Crippen LogP contribution in [0.5, 0.6) is 0 Å². The number of fused-ring (bicyclic) bond motifs is 3. The molecule has 1 aliphatic carbocycles. The van der Waals surface area contributed by atoms with Gasteiger partial charge in [-0.05, 0) is 50.6 Å². The molecule has 0 aromatic heterocycles. The maximum absolute atomic E-state index is 3.74. The van der Waals surface area contributed by atoms with Crippen molar-refractivity contribution in [2.45, 2.75) is 37.8 Å². The Bertz CT molecular complexity index is 281. The third kappa shape index (κ3) is 2.02. The molecule has 5 fully saturated rings. The van der Waals surface area contributed by atoms with Crippen molar-refractivity contribution in [2.24, 2.45) is 11.8 Å². The molecule has 0 aromatic rings. The number of nitrogens with one attached hydrogen (secondary N) is 1. The van der Waals surface area contributed by atoms with Crippen molar-refractivity contribution < 1.29 is 0 Å². The van der Waals surface area contributed by atoms with Crippen molar-refractivity contribution in [3.8, 4) is 0 Å². The maximum Gasteiger partial charge on any atom is 0.0253 e. The van der Waals surface area contributed by atoms with Crippen LogP contribution < -0.4 is 5.32 Å². The molecule has 17 heavy (non-hydrogen) atoms. The highest BCUT2D eigenvalue weighted by Crippen LogP contribution is 2.36. The topological polar surface area (TPSA) is 18.5 Å². The number of piperazine rings is 1. The van der Waals surface area contributed by atoms with Gasteiger partial charge in [-0.3, -0.25) is 4.90 Å². The highest BCUT2D eigenvalue weighted by Gasteiger charge is 2.41. The van der Waals surface area contributed by atoms with Gasteiger partial charge in [-0.15, -0.1) is 0 Å². The summed E-state index contributed by atoms with van der Waals surface area (Å²) in [5.41, 5.74) is 0. The first-order valence-corrected chi connectivity index (χ1v) is 7.60. The van der Waals surface area contributed by atoms with Crippen LogP contribution in [0.15, 0.2) is 0 Å². The first-order valence-electron chi connectivity index (χ1n) is 7.60. The Balaban J connectivity index is 1.43. The molecule has 0 spiro atoms.